The van der Waals surface area contributed by atoms with Gasteiger partial charge >= 0.3 is 0 Å². The Hall–Kier alpha value is -0.230. The summed E-state index contributed by atoms with van der Waals surface area (Å²) in [7, 11) is -3.41. The number of aliphatic hydroxyl groups is 1. The van der Waals surface area contributed by atoms with Crippen LogP contribution in [0.4, 0.5) is 8.78 Å². The van der Waals surface area contributed by atoms with Gasteiger partial charge in [-0.1, -0.05) is 0 Å². The van der Waals surface area contributed by atoms with Gasteiger partial charge in [0.2, 0.25) is 0 Å². The average molecular weight is 226 g/mol. The van der Waals surface area contributed by atoms with E-state index in [1.165, 1.54) is 0 Å². The molecular formula is C8H12F2O3S. The number of rotatable bonds is 0. The van der Waals surface area contributed by atoms with Crippen molar-refractivity contribution in [3.8, 4) is 0 Å². The van der Waals surface area contributed by atoms with Gasteiger partial charge < -0.3 is 5.11 Å². The fraction of sp³-hybridized carbons (Fsp3) is 1.00. The van der Waals surface area contributed by atoms with Gasteiger partial charge in [-0.3, -0.25) is 0 Å². The molecule has 14 heavy (non-hydrogen) atoms. The Balaban J connectivity index is 2.37. The molecule has 0 saturated carbocycles. The van der Waals surface area contributed by atoms with Crippen LogP contribution < -0.4 is 0 Å². The van der Waals surface area contributed by atoms with E-state index in [1.807, 2.05) is 0 Å². The second-order valence-electron chi connectivity index (χ2n) is 4.13. The van der Waals surface area contributed by atoms with Gasteiger partial charge in [0.25, 0.3) is 5.92 Å². The van der Waals surface area contributed by atoms with Crippen LogP contribution in [0, 0.1) is 0 Å². The zero-order chi connectivity index (χ0) is 10.6. The lowest BCUT2D eigenvalue weighted by Gasteiger charge is -2.22. The summed E-state index contributed by atoms with van der Waals surface area (Å²) < 4.78 is 49.5. The van der Waals surface area contributed by atoms with Crippen molar-refractivity contribution in [2.45, 2.75) is 48.2 Å². The van der Waals surface area contributed by atoms with E-state index < -0.39 is 38.8 Å². The molecule has 6 heteroatoms. The first kappa shape index (κ1) is 10.3. The van der Waals surface area contributed by atoms with Crippen LogP contribution in [-0.2, 0) is 9.84 Å². The molecule has 2 fully saturated rings. The standard InChI is InChI=1S/C8H12F2O3S/c9-8(10)4-6-2-1-5(3-7(8)11)14(6,12)13/h5-7,11H,1-4H2. The zero-order valence-corrected chi connectivity index (χ0v) is 8.30. The Bertz CT molecular complexity index is 338. The summed E-state index contributed by atoms with van der Waals surface area (Å²) in [6.07, 6.45) is -2.10. The molecule has 82 valence electrons. The summed E-state index contributed by atoms with van der Waals surface area (Å²) >= 11 is 0. The maximum absolute atomic E-state index is 13.1. The summed E-state index contributed by atoms with van der Waals surface area (Å²) in [6.45, 7) is 0. The summed E-state index contributed by atoms with van der Waals surface area (Å²) in [5.41, 5.74) is 0. The van der Waals surface area contributed by atoms with Gasteiger partial charge in [0.15, 0.2) is 9.84 Å². The Morgan fingerprint density at radius 3 is 2.43 bits per heavy atom. The molecule has 0 spiro atoms. The fourth-order valence-corrected chi connectivity index (χ4v) is 4.68. The highest BCUT2D eigenvalue weighted by atomic mass is 32.2. The number of sulfone groups is 1. The molecule has 0 aliphatic carbocycles. The first-order valence-corrected chi connectivity index (χ1v) is 6.23. The van der Waals surface area contributed by atoms with Gasteiger partial charge in [-0.15, -0.1) is 0 Å². The van der Waals surface area contributed by atoms with E-state index in [9.17, 15) is 17.2 Å². The van der Waals surface area contributed by atoms with E-state index in [-0.39, 0.29) is 6.42 Å². The molecule has 2 aliphatic heterocycles. The summed E-state index contributed by atoms with van der Waals surface area (Å²) in [5.74, 6) is -3.24. The van der Waals surface area contributed by atoms with Crippen molar-refractivity contribution in [3.63, 3.8) is 0 Å². The van der Waals surface area contributed by atoms with Gasteiger partial charge in [0.05, 0.1) is 10.5 Å². The highest BCUT2D eigenvalue weighted by Crippen LogP contribution is 2.43. The van der Waals surface area contributed by atoms with Crippen molar-refractivity contribution in [2.24, 2.45) is 0 Å². The normalized spacial score (nSPS) is 44.6. The second-order valence-corrected chi connectivity index (χ2v) is 6.64. The molecule has 2 bridgehead atoms. The van der Waals surface area contributed by atoms with Crippen molar-refractivity contribution in [3.05, 3.63) is 0 Å². The number of alkyl halides is 2. The Kier molecular flexibility index (Phi) is 2.12. The van der Waals surface area contributed by atoms with Crippen molar-refractivity contribution < 1.29 is 22.3 Å². The van der Waals surface area contributed by atoms with Crippen LogP contribution in [0.15, 0.2) is 0 Å². The van der Waals surface area contributed by atoms with Crippen LogP contribution in [-0.4, -0.2) is 36.1 Å². The molecule has 3 atom stereocenters. The lowest BCUT2D eigenvalue weighted by atomic mass is 9.95. The molecular weight excluding hydrogens is 214 g/mol. The molecule has 0 radical (unpaired) electrons. The molecule has 1 N–H and O–H groups in total. The first-order valence-electron chi connectivity index (χ1n) is 4.62. The minimum atomic E-state index is -3.41. The quantitative estimate of drug-likeness (QED) is 0.662. The topological polar surface area (TPSA) is 54.4 Å². The Morgan fingerprint density at radius 2 is 1.79 bits per heavy atom. The maximum Gasteiger partial charge on any atom is 0.274 e. The maximum atomic E-state index is 13.1. The fourth-order valence-electron chi connectivity index (χ4n) is 2.30. The Morgan fingerprint density at radius 1 is 1.21 bits per heavy atom. The summed E-state index contributed by atoms with van der Waals surface area (Å²) in [6, 6.07) is 0. The SMILES string of the molecule is O=S1(=O)C2CCC1CC(F)(F)C(O)C2. The number of fused-ring (bicyclic) bond motifs is 2. The van der Waals surface area contributed by atoms with Gasteiger partial charge in [0.1, 0.15) is 6.10 Å². The van der Waals surface area contributed by atoms with Crippen LogP contribution in [0.2, 0.25) is 0 Å². The molecule has 2 aliphatic rings. The zero-order valence-electron chi connectivity index (χ0n) is 7.49. The van der Waals surface area contributed by atoms with Crippen LogP contribution in [0.25, 0.3) is 0 Å². The third-order valence-electron chi connectivity index (χ3n) is 3.21. The molecule has 0 amide bonds. The van der Waals surface area contributed by atoms with E-state index in [1.54, 1.807) is 0 Å². The van der Waals surface area contributed by atoms with Crippen LogP contribution in [0.3, 0.4) is 0 Å². The van der Waals surface area contributed by atoms with Crippen molar-refractivity contribution in [2.75, 3.05) is 0 Å². The van der Waals surface area contributed by atoms with E-state index in [4.69, 9.17) is 5.11 Å². The highest BCUT2D eigenvalue weighted by molar-refractivity contribution is 7.92. The van der Waals surface area contributed by atoms with Gasteiger partial charge in [0, 0.05) is 6.42 Å². The number of hydrogen-bond acceptors (Lipinski definition) is 3. The first-order chi connectivity index (χ1) is 6.34. The second kappa shape index (κ2) is 2.88. The molecule has 0 aromatic rings. The number of halogens is 2. The monoisotopic (exact) mass is 226 g/mol. The van der Waals surface area contributed by atoms with Gasteiger partial charge in [-0.2, -0.15) is 0 Å². The van der Waals surface area contributed by atoms with E-state index in [2.05, 4.69) is 0 Å². The number of hydrogen-bond donors (Lipinski definition) is 1. The number of aliphatic hydroxyl groups excluding tert-OH is 1. The van der Waals surface area contributed by atoms with E-state index in [0.29, 0.717) is 12.8 Å². The minimum absolute atomic E-state index is 0.314. The minimum Gasteiger partial charge on any atom is -0.387 e. The summed E-state index contributed by atoms with van der Waals surface area (Å²) in [5, 5.41) is 7.46. The predicted octanol–water partition coefficient (Wildman–Crippen LogP) is 0.722. The van der Waals surface area contributed by atoms with Crippen LogP contribution >= 0.6 is 0 Å². The molecule has 3 unspecified atom stereocenters. The van der Waals surface area contributed by atoms with E-state index in [0.717, 1.165) is 0 Å². The average Bonchev–Trinajstić information content (AvgIpc) is 2.26. The lowest BCUT2D eigenvalue weighted by molar-refractivity contribution is -0.116. The largest absolute Gasteiger partial charge is 0.387 e. The van der Waals surface area contributed by atoms with Gasteiger partial charge in [-0.25, -0.2) is 17.2 Å². The molecule has 2 saturated heterocycles. The molecule has 3 nitrogen and oxygen atoms in total. The molecule has 0 aromatic carbocycles. The van der Waals surface area contributed by atoms with Crippen LogP contribution in [0.5, 0.6) is 0 Å². The Labute approximate surface area is 81.0 Å². The predicted molar refractivity (Wildman–Crippen MR) is 45.9 cm³/mol. The van der Waals surface area contributed by atoms with Crippen molar-refractivity contribution >= 4 is 9.84 Å². The van der Waals surface area contributed by atoms with Crippen molar-refractivity contribution in [1.82, 2.24) is 0 Å². The molecule has 2 rings (SSSR count). The third-order valence-corrected chi connectivity index (χ3v) is 5.90. The molecule has 2 heterocycles. The smallest absolute Gasteiger partial charge is 0.274 e. The molecule has 0 aromatic heterocycles. The van der Waals surface area contributed by atoms with Crippen LogP contribution in [0.1, 0.15) is 25.7 Å². The van der Waals surface area contributed by atoms with Crippen molar-refractivity contribution in [1.29, 1.82) is 0 Å². The van der Waals surface area contributed by atoms with Gasteiger partial charge in [-0.05, 0) is 19.3 Å². The third kappa shape index (κ3) is 1.35. The lowest BCUT2D eigenvalue weighted by Crippen LogP contribution is -2.36. The van der Waals surface area contributed by atoms with E-state index >= 15 is 0 Å². The summed E-state index contributed by atoms with van der Waals surface area (Å²) in [4.78, 5) is 0. The highest BCUT2D eigenvalue weighted by Gasteiger charge is 2.54.